The first kappa shape index (κ1) is 18.6. The van der Waals surface area contributed by atoms with Crippen LogP contribution in [0.15, 0.2) is 12.3 Å². The Bertz CT molecular complexity index is 845. The molecule has 3 N–H and O–H groups in total. The highest BCUT2D eigenvalue weighted by molar-refractivity contribution is 6.00. The highest BCUT2D eigenvalue weighted by atomic mass is 16.2. The van der Waals surface area contributed by atoms with Gasteiger partial charge in [0.2, 0.25) is 5.91 Å². The van der Waals surface area contributed by atoms with Crippen LogP contribution in [0.25, 0.3) is 6.08 Å². The smallest absolute Gasteiger partial charge is 0.252 e. The van der Waals surface area contributed by atoms with Crippen molar-refractivity contribution in [2.75, 3.05) is 5.32 Å². The van der Waals surface area contributed by atoms with Gasteiger partial charge in [0.15, 0.2) is 0 Å². The van der Waals surface area contributed by atoms with Gasteiger partial charge in [0.05, 0.1) is 16.9 Å². The van der Waals surface area contributed by atoms with E-state index in [9.17, 15) is 9.59 Å². The van der Waals surface area contributed by atoms with E-state index in [1.54, 1.807) is 6.20 Å². The topological polar surface area (TPSA) is 88.3 Å². The lowest BCUT2D eigenvalue weighted by molar-refractivity contribution is -0.141. The molecule has 154 valence electrons. The van der Waals surface area contributed by atoms with Crippen molar-refractivity contribution >= 4 is 23.6 Å². The van der Waals surface area contributed by atoms with E-state index in [2.05, 4.69) is 21.3 Å². The molecule has 0 aromatic carbocycles. The van der Waals surface area contributed by atoms with E-state index < -0.39 is 5.91 Å². The van der Waals surface area contributed by atoms with Crippen LogP contribution in [0.5, 0.6) is 0 Å². The maximum absolute atomic E-state index is 13.2. The van der Waals surface area contributed by atoms with Gasteiger partial charge in [0, 0.05) is 42.2 Å². The van der Waals surface area contributed by atoms with E-state index in [4.69, 9.17) is 5.73 Å². The molecule has 5 rings (SSSR count). The predicted octanol–water partition coefficient (Wildman–Crippen LogP) is 3.26. The van der Waals surface area contributed by atoms with Gasteiger partial charge in [-0.3, -0.25) is 14.6 Å². The third kappa shape index (κ3) is 3.32. The maximum Gasteiger partial charge on any atom is 0.252 e. The number of carbonyl (C=O) groups is 2. The molecule has 0 radical (unpaired) electrons. The van der Waals surface area contributed by atoms with E-state index in [0.717, 1.165) is 61.9 Å². The molecule has 6 heteroatoms. The van der Waals surface area contributed by atoms with Crippen molar-refractivity contribution < 1.29 is 9.59 Å². The fraction of sp³-hybridized carbons (Fsp3) is 0.609. The second kappa shape index (κ2) is 7.47. The summed E-state index contributed by atoms with van der Waals surface area (Å²) in [7, 11) is 0. The summed E-state index contributed by atoms with van der Waals surface area (Å²) in [6.45, 7) is 0. The van der Waals surface area contributed by atoms with Crippen LogP contribution >= 0.6 is 0 Å². The standard InChI is InChI=1S/C23H30N4O2/c24-22(28)19-13-25-20-8-4-7-18(20)21(19)26-15-11-16-9-10-17(12-15)27(16)23(29)14-5-2-1-3-6-14/h4,7,13-17H,1-3,5-6,8-12H2,(H2,24,28)(H,25,26)/t15?,16-,17+. The van der Waals surface area contributed by atoms with Crippen LogP contribution in [0.1, 0.15) is 79.4 Å². The Morgan fingerprint density at radius 3 is 2.48 bits per heavy atom. The Hall–Kier alpha value is -2.37. The highest BCUT2D eigenvalue weighted by Crippen LogP contribution is 2.40. The van der Waals surface area contributed by atoms with Crippen molar-refractivity contribution in [3.05, 3.63) is 29.1 Å². The van der Waals surface area contributed by atoms with Gasteiger partial charge in [-0.05, 0) is 38.5 Å². The molecule has 1 aromatic heterocycles. The number of allylic oxidation sites excluding steroid dienone is 1. The number of fused-ring (bicyclic) bond motifs is 3. The van der Waals surface area contributed by atoms with Crippen LogP contribution in [0.3, 0.4) is 0 Å². The number of amides is 2. The summed E-state index contributed by atoms with van der Waals surface area (Å²) in [6.07, 6.45) is 16.4. The minimum atomic E-state index is -0.448. The zero-order valence-corrected chi connectivity index (χ0v) is 16.9. The largest absolute Gasteiger partial charge is 0.381 e. The average molecular weight is 395 g/mol. The first-order valence-corrected chi connectivity index (χ1v) is 11.2. The first-order chi connectivity index (χ1) is 14.1. The lowest BCUT2D eigenvalue weighted by Gasteiger charge is -2.42. The molecule has 1 unspecified atom stereocenters. The zero-order chi connectivity index (χ0) is 20.0. The lowest BCUT2D eigenvalue weighted by atomic mass is 9.86. The van der Waals surface area contributed by atoms with Crippen LogP contribution in [0.4, 0.5) is 5.69 Å². The molecule has 2 saturated heterocycles. The molecule has 0 spiro atoms. The second-order valence-corrected chi connectivity index (χ2v) is 9.16. The van der Waals surface area contributed by atoms with Gasteiger partial charge in [0.1, 0.15) is 0 Å². The van der Waals surface area contributed by atoms with E-state index in [-0.39, 0.29) is 12.0 Å². The minimum absolute atomic E-state index is 0.242. The van der Waals surface area contributed by atoms with Crippen molar-refractivity contribution in [2.45, 2.75) is 82.3 Å². The first-order valence-electron chi connectivity index (χ1n) is 11.2. The SMILES string of the molecule is NC(=O)c1cnc2c(c1NC1C[C@H]3CC[C@@H](C1)N3C(=O)C1CCCCC1)C=CC2. The molecule has 1 aromatic rings. The number of nitrogens with two attached hydrogens (primary N) is 1. The number of rotatable bonds is 4. The number of anilines is 1. The number of carbonyl (C=O) groups excluding carboxylic acids is 2. The quantitative estimate of drug-likeness (QED) is 0.820. The van der Waals surface area contributed by atoms with Crippen LogP contribution in [-0.4, -0.2) is 39.8 Å². The van der Waals surface area contributed by atoms with E-state index in [1.165, 1.54) is 19.3 Å². The second-order valence-electron chi connectivity index (χ2n) is 9.16. The molecular formula is C23H30N4O2. The summed E-state index contributed by atoms with van der Waals surface area (Å²) >= 11 is 0. The number of primary amides is 1. The Morgan fingerprint density at radius 1 is 1.07 bits per heavy atom. The summed E-state index contributed by atoms with van der Waals surface area (Å²) in [4.78, 5) is 31.8. The number of aromatic nitrogens is 1. The van der Waals surface area contributed by atoms with Crippen molar-refractivity contribution in [3.8, 4) is 0 Å². The van der Waals surface area contributed by atoms with Crippen LogP contribution < -0.4 is 11.1 Å². The van der Waals surface area contributed by atoms with Gasteiger partial charge in [-0.15, -0.1) is 0 Å². The molecule has 2 aliphatic heterocycles. The molecule has 3 atom stereocenters. The van der Waals surface area contributed by atoms with Gasteiger partial charge in [-0.2, -0.15) is 0 Å². The van der Waals surface area contributed by atoms with Gasteiger partial charge < -0.3 is 16.0 Å². The number of pyridine rings is 1. The fourth-order valence-corrected chi connectivity index (χ4v) is 5.96. The van der Waals surface area contributed by atoms with Gasteiger partial charge in [-0.25, -0.2) is 0 Å². The molecule has 4 aliphatic rings. The molecule has 2 aliphatic carbocycles. The van der Waals surface area contributed by atoms with E-state index in [0.29, 0.717) is 23.6 Å². The van der Waals surface area contributed by atoms with Crippen LogP contribution in [-0.2, 0) is 11.2 Å². The van der Waals surface area contributed by atoms with Crippen LogP contribution in [0, 0.1) is 5.92 Å². The zero-order valence-electron chi connectivity index (χ0n) is 16.9. The normalized spacial score (nSPS) is 28.4. The van der Waals surface area contributed by atoms with Gasteiger partial charge in [-0.1, -0.05) is 31.4 Å². The molecule has 3 heterocycles. The predicted molar refractivity (Wildman–Crippen MR) is 112 cm³/mol. The molecule has 1 saturated carbocycles. The Kier molecular flexibility index (Phi) is 4.80. The van der Waals surface area contributed by atoms with Crippen LogP contribution in [0.2, 0.25) is 0 Å². The third-order valence-corrected chi connectivity index (χ3v) is 7.35. The van der Waals surface area contributed by atoms with Crippen molar-refractivity contribution in [3.63, 3.8) is 0 Å². The number of hydrogen-bond donors (Lipinski definition) is 2. The molecular weight excluding hydrogens is 364 g/mol. The Morgan fingerprint density at radius 2 is 1.79 bits per heavy atom. The van der Waals surface area contributed by atoms with E-state index in [1.807, 2.05) is 6.08 Å². The molecule has 2 amide bonds. The summed E-state index contributed by atoms with van der Waals surface area (Å²) in [5.74, 6) is 0.198. The molecule has 29 heavy (non-hydrogen) atoms. The summed E-state index contributed by atoms with van der Waals surface area (Å²) in [6, 6.07) is 0.896. The van der Waals surface area contributed by atoms with Crippen molar-refractivity contribution in [1.29, 1.82) is 0 Å². The van der Waals surface area contributed by atoms with Crippen molar-refractivity contribution in [2.24, 2.45) is 11.7 Å². The van der Waals surface area contributed by atoms with Gasteiger partial charge in [0.25, 0.3) is 5.91 Å². The lowest BCUT2D eigenvalue weighted by Crippen LogP contribution is -2.51. The molecule has 3 fully saturated rings. The number of hydrogen-bond acceptors (Lipinski definition) is 4. The highest BCUT2D eigenvalue weighted by Gasteiger charge is 2.45. The summed E-state index contributed by atoms with van der Waals surface area (Å²) in [5.41, 5.74) is 8.90. The summed E-state index contributed by atoms with van der Waals surface area (Å²) < 4.78 is 0. The summed E-state index contributed by atoms with van der Waals surface area (Å²) in [5, 5.41) is 3.64. The number of nitrogens with zero attached hydrogens (tertiary/aromatic N) is 2. The number of nitrogens with one attached hydrogen (secondary N) is 1. The Balaban J connectivity index is 1.34. The van der Waals surface area contributed by atoms with Gasteiger partial charge >= 0.3 is 0 Å². The van der Waals surface area contributed by atoms with E-state index >= 15 is 0 Å². The monoisotopic (exact) mass is 394 g/mol. The molecule has 2 bridgehead atoms. The van der Waals surface area contributed by atoms with Crippen molar-refractivity contribution in [1.82, 2.24) is 9.88 Å². The fourth-order valence-electron chi connectivity index (χ4n) is 5.96. The molecule has 6 nitrogen and oxygen atoms in total. The maximum atomic E-state index is 13.2. The average Bonchev–Trinajstić information content (AvgIpc) is 3.31. The minimum Gasteiger partial charge on any atom is -0.381 e. The third-order valence-electron chi connectivity index (χ3n) is 7.35. The Labute approximate surface area is 171 Å². The number of piperidine rings is 1.